The highest BCUT2D eigenvalue weighted by Crippen LogP contribution is 2.26. The molecule has 0 aliphatic carbocycles. The van der Waals surface area contributed by atoms with E-state index < -0.39 is 0 Å². The number of rotatable bonds is 4. The van der Waals surface area contributed by atoms with E-state index in [9.17, 15) is 4.79 Å². The molecule has 2 rings (SSSR count). The molecular formula is C14H14N2OS. The first-order chi connectivity index (χ1) is 8.76. The van der Waals surface area contributed by atoms with Crippen molar-refractivity contribution in [3.8, 4) is 6.07 Å². The van der Waals surface area contributed by atoms with Crippen molar-refractivity contribution < 1.29 is 4.79 Å². The van der Waals surface area contributed by atoms with Crippen LogP contribution in [0.1, 0.15) is 23.0 Å². The first-order valence-corrected chi connectivity index (χ1v) is 6.72. The third-order valence-electron chi connectivity index (χ3n) is 2.80. The molecule has 0 radical (unpaired) electrons. The molecule has 0 spiro atoms. The number of amides is 1. The van der Waals surface area contributed by atoms with Gasteiger partial charge in [-0.05, 0) is 24.4 Å². The molecule has 4 heteroatoms. The summed E-state index contributed by atoms with van der Waals surface area (Å²) < 4.78 is 1.12. The number of thiophene rings is 1. The highest BCUT2D eigenvalue weighted by Gasteiger charge is 2.16. The lowest BCUT2D eigenvalue weighted by atomic mass is 10.2. The Morgan fingerprint density at radius 1 is 1.44 bits per heavy atom. The second kappa shape index (κ2) is 5.65. The quantitative estimate of drug-likeness (QED) is 0.844. The zero-order chi connectivity index (χ0) is 13.0. The predicted molar refractivity (Wildman–Crippen MR) is 73.6 cm³/mol. The molecule has 0 fully saturated rings. The first kappa shape index (κ1) is 12.6. The number of nitriles is 1. The van der Waals surface area contributed by atoms with Crippen molar-refractivity contribution in [1.82, 2.24) is 4.90 Å². The third-order valence-corrected chi connectivity index (χ3v) is 3.90. The molecule has 1 aromatic heterocycles. The third kappa shape index (κ3) is 2.52. The molecule has 0 unspecified atom stereocenters. The number of hydrogen-bond acceptors (Lipinski definition) is 3. The van der Waals surface area contributed by atoms with Crippen LogP contribution in [0.15, 0.2) is 30.3 Å². The summed E-state index contributed by atoms with van der Waals surface area (Å²) in [4.78, 5) is 14.7. The van der Waals surface area contributed by atoms with Gasteiger partial charge in [0.15, 0.2) is 0 Å². The molecule has 18 heavy (non-hydrogen) atoms. The van der Waals surface area contributed by atoms with E-state index in [4.69, 9.17) is 5.26 Å². The molecule has 3 nitrogen and oxygen atoms in total. The van der Waals surface area contributed by atoms with Crippen LogP contribution in [-0.4, -0.2) is 23.9 Å². The SMILES string of the molecule is CCN(CCC#N)C(=O)c1cc2ccccc2s1. The van der Waals surface area contributed by atoms with E-state index in [0.29, 0.717) is 19.5 Å². The number of nitrogens with zero attached hydrogens (tertiary/aromatic N) is 2. The van der Waals surface area contributed by atoms with E-state index in [1.165, 1.54) is 11.3 Å². The van der Waals surface area contributed by atoms with Crippen molar-refractivity contribution in [2.45, 2.75) is 13.3 Å². The van der Waals surface area contributed by atoms with Gasteiger partial charge < -0.3 is 4.90 Å². The number of fused-ring (bicyclic) bond motifs is 1. The van der Waals surface area contributed by atoms with Gasteiger partial charge in [0, 0.05) is 17.8 Å². The fourth-order valence-electron chi connectivity index (χ4n) is 1.83. The zero-order valence-corrected chi connectivity index (χ0v) is 11.0. The van der Waals surface area contributed by atoms with Crippen LogP contribution in [-0.2, 0) is 0 Å². The minimum atomic E-state index is 0.0222. The van der Waals surface area contributed by atoms with Gasteiger partial charge >= 0.3 is 0 Å². The fraction of sp³-hybridized carbons (Fsp3) is 0.286. The molecule has 0 aliphatic heterocycles. The van der Waals surface area contributed by atoms with E-state index in [1.807, 2.05) is 37.3 Å². The molecular weight excluding hydrogens is 244 g/mol. The minimum absolute atomic E-state index is 0.0222. The maximum absolute atomic E-state index is 12.3. The summed E-state index contributed by atoms with van der Waals surface area (Å²) in [7, 11) is 0. The molecule has 1 aromatic carbocycles. The van der Waals surface area contributed by atoms with E-state index in [-0.39, 0.29) is 5.91 Å². The Morgan fingerprint density at radius 3 is 2.89 bits per heavy atom. The van der Waals surface area contributed by atoms with Gasteiger partial charge in [0.2, 0.25) is 0 Å². The summed E-state index contributed by atoms with van der Waals surface area (Å²) in [5, 5.41) is 9.69. The van der Waals surface area contributed by atoms with Crippen molar-refractivity contribution in [2.24, 2.45) is 0 Å². The van der Waals surface area contributed by atoms with Crippen LogP contribution in [0, 0.1) is 11.3 Å². The minimum Gasteiger partial charge on any atom is -0.337 e. The average Bonchev–Trinajstić information content (AvgIpc) is 2.83. The Hall–Kier alpha value is -1.86. The van der Waals surface area contributed by atoms with Crippen LogP contribution in [0.2, 0.25) is 0 Å². The molecule has 0 saturated carbocycles. The monoisotopic (exact) mass is 258 g/mol. The van der Waals surface area contributed by atoms with E-state index in [0.717, 1.165) is 15.0 Å². The molecule has 92 valence electrons. The standard InChI is InChI=1S/C14H14N2OS/c1-2-16(9-5-8-15)14(17)13-10-11-6-3-4-7-12(11)18-13/h3-4,6-7,10H,2,5,9H2,1H3. The Morgan fingerprint density at radius 2 is 2.22 bits per heavy atom. The molecule has 2 aromatic rings. The average molecular weight is 258 g/mol. The van der Waals surface area contributed by atoms with Crippen LogP contribution in [0.25, 0.3) is 10.1 Å². The molecule has 0 bridgehead atoms. The summed E-state index contributed by atoms with van der Waals surface area (Å²) in [6.07, 6.45) is 0.379. The molecule has 0 atom stereocenters. The zero-order valence-electron chi connectivity index (χ0n) is 10.2. The lowest BCUT2D eigenvalue weighted by molar-refractivity contribution is 0.0772. The maximum Gasteiger partial charge on any atom is 0.263 e. The molecule has 1 heterocycles. The van der Waals surface area contributed by atoms with Gasteiger partial charge in [0.25, 0.3) is 5.91 Å². The van der Waals surface area contributed by atoms with Crippen molar-refractivity contribution in [3.63, 3.8) is 0 Å². The lowest BCUT2D eigenvalue weighted by Gasteiger charge is -2.18. The Balaban J connectivity index is 2.24. The smallest absolute Gasteiger partial charge is 0.263 e. The summed E-state index contributed by atoms with van der Waals surface area (Å²) >= 11 is 1.51. The second-order valence-electron chi connectivity index (χ2n) is 3.94. The van der Waals surface area contributed by atoms with Gasteiger partial charge in [-0.2, -0.15) is 5.26 Å². The summed E-state index contributed by atoms with van der Waals surface area (Å²) in [6, 6.07) is 12.0. The van der Waals surface area contributed by atoms with E-state index >= 15 is 0 Å². The van der Waals surface area contributed by atoms with Crippen LogP contribution in [0.3, 0.4) is 0 Å². The number of benzene rings is 1. The molecule has 0 N–H and O–H groups in total. The summed E-state index contributed by atoms with van der Waals surface area (Å²) in [5.74, 6) is 0.0222. The van der Waals surface area contributed by atoms with Gasteiger partial charge in [0.1, 0.15) is 0 Å². The first-order valence-electron chi connectivity index (χ1n) is 5.91. The Kier molecular flexibility index (Phi) is 3.96. The lowest BCUT2D eigenvalue weighted by Crippen LogP contribution is -2.31. The summed E-state index contributed by atoms with van der Waals surface area (Å²) in [5.41, 5.74) is 0. The van der Waals surface area contributed by atoms with Crippen LogP contribution in [0.4, 0.5) is 0 Å². The van der Waals surface area contributed by atoms with Gasteiger partial charge in [-0.15, -0.1) is 11.3 Å². The van der Waals surface area contributed by atoms with Crippen molar-refractivity contribution >= 4 is 27.3 Å². The Bertz CT molecular complexity index is 564. The predicted octanol–water partition coefficient (Wildman–Crippen LogP) is 3.28. The van der Waals surface area contributed by atoms with Crippen molar-refractivity contribution in [2.75, 3.05) is 13.1 Å². The van der Waals surface area contributed by atoms with Crippen molar-refractivity contribution in [1.29, 1.82) is 5.26 Å². The fourth-order valence-corrected chi connectivity index (χ4v) is 2.86. The highest BCUT2D eigenvalue weighted by molar-refractivity contribution is 7.20. The van der Waals surface area contributed by atoms with Gasteiger partial charge in [-0.25, -0.2) is 0 Å². The van der Waals surface area contributed by atoms with E-state index in [2.05, 4.69) is 6.07 Å². The molecule has 0 saturated heterocycles. The van der Waals surface area contributed by atoms with Crippen LogP contribution >= 0.6 is 11.3 Å². The normalized spacial score (nSPS) is 10.2. The number of hydrogen-bond donors (Lipinski definition) is 0. The Labute approximate surface area is 110 Å². The number of carbonyl (C=O) groups is 1. The largest absolute Gasteiger partial charge is 0.337 e. The van der Waals surface area contributed by atoms with Crippen LogP contribution in [0.5, 0.6) is 0 Å². The second-order valence-corrected chi connectivity index (χ2v) is 5.03. The van der Waals surface area contributed by atoms with Crippen LogP contribution < -0.4 is 0 Å². The summed E-state index contributed by atoms with van der Waals surface area (Å²) in [6.45, 7) is 3.07. The topological polar surface area (TPSA) is 44.1 Å². The maximum atomic E-state index is 12.3. The van der Waals surface area contributed by atoms with Gasteiger partial charge in [-0.3, -0.25) is 4.79 Å². The van der Waals surface area contributed by atoms with Crippen molar-refractivity contribution in [3.05, 3.63) is 35.2 Å². The highest BCUT2D eigenvalue weighted by atomic mass is 32.1. The number of carbonyl (C=O) groups excluding carboxylic acids is 1. The van der Waals surface area contributed by atoms with E-state index in [1.54, 1.807) is 4.90 Å². The molecule has 1 amide bonds. The van der Waals surface area contributed by atoms with Gasteiger partial charge in [-0.1, -0.05) is 18.2 Å². The molecule has 0 aliphatic rings. The van der Waals surface area contributed by atoms with Gasteiger partial charge in [0.05, 0.1) is 17.4 Å².